The number of pyridine rings is 1. The van der Waals surface area contributed by atoms with Gasteiger partial charge in [-0.25, -0.2) is 9.78 Å². The number of nitrogens with zero attached hydrogens (tertiary/aromatic N) is 1. The van der Waals surface area contributed by atoms with Crippen molar-refractivity contribution >= 4 is 31.0 Å². The van der Waals surface area contributed by atoms with Gasteiger partial charge in [0.2, 0.25) is 0 Å². The molecule has 0 aromatic carbocycles. The van der Waals surface area contributed by atoms with Gasteiger partial charge >= 0.3 is 12.1 Å². The Labute approximate surface area is 108 Å². The fraction of sp³-hybridized carbons (Fsp3) is 0.400. The third-order valence-electron chi connectivity index (χ3n) is 2.19. The highest BCUT2D eigenvalue weighted by atomic mass is 35.5. The van der Waals surface area contributed by atoms with Crippen LogP contribution in [0.2, 0.25) is 24.7 Å². The summed E-state index contributed by atoms with van der Waals surface area (Å²) in [5, 5.41) is 8.36. The van der Waals surface area contributed by atoms with E-state index in [4.69, 9.17) is 16.7 Å². The number of aromatic carboxylic acids is 1. The number of carboxylic acid groups (broad SMARTS) is 1. The zero-order chi connectivity index (χ0) is 14.3. The summed E-state index contributed by atoms with van der Waals surface area (Å²) < 4.78 is 38.3. The second-order valence-corrected chi connectivity index (χ2v) is 10.1. The normalized spacial score (nSPS) is 12.6. The molecule has 0 bridgehead atoms. The molecule has 1 rings (SSSR count). The van der Waals surface area contributed by atoms with Crippen LogP contribution >= 0.6 is 11.6 Å². The topological polar surface area (TPSA) is 50.2 Å². The molecule has 0 radical (unpaired) electrons. The van der Waals surface area contributed by atoms with Gasteiger partial charge in [0.15, 0.2) is 0 Å². The number of rotatable bonds is 2. The van der Waals surface area contributed by atoms with E-state index < -0.39 is 36.5 Å². The second kappa shape index (κ2) is 4.54. The van der Waals surface area contributed by atoms with E-state index in [1.54, 1.807) is 19.6 Å². The Morgan fingerprint density at radius 3 is 2.22 bits per heavy atom. The number of halogens is 4. The van der Waals surface area contributed by atoms with Crippen molar-refractivity contribution in [2.75, 3.05) is 0 Å². The van der Waals surface area contributed by atoms with E-state index in [2.05, 4.69) is 4.98 Å². The van der Waals surface area contributed by atoms with Gasteiger partial charge in [-0.15, -0.1) is 0 Å². The molecule has 0 aliphatic rings. The Kier molecular flexibility index (Phi) is 3.78. The summed E-state index contributed by atoms with van der Waals surface area (Å²) in [6, 6.07) is 0.467. The van der Waals surface area contributed by atoms with Crippen LogP contribution < -0.4 is 5.32 Å². The molecule has 0 amide bonds. The summed E-state index contributed by atoms with van der Waals surface area (Å²) in [7, 11) is -2.27. The van der Waals surface area contributed by atoms with Crippen molar-refractivity contribution in [1.82, 2.24) is 4.98 Å². The quantitative estimate of drug-likeness (QED) is 0.854. The van der Waals surface area contributed by atoms with Crippen LogP contribution in [0.25, 0.3) is 0 Å². The number of alkyl halides is 3. The minimum atomic E-state index is -4.70. The second-order valence-electron chi connectivity index (χ2n) is 4.77. The number of hydrogen-bond donors (Lipinski definition) is 1. The maximum atomic E-state index is 12.8. The number of hydrogen-bond acceptors (Lipinski definition) is 2. The van der Waals surface area contributed by atoms with Crippen molar-refractivity contribution < 1.29 is 23.1 Å². The van der Waals surface area contributed by atoms with Gasteiger partial charge in [-0.3, -0.25) is 0 Å². The molecule has 0 unspecified atom stereocenters. The lowest BCUT2D eigenvalue weighted by Crippen LogP contribution is -2.42. The highest BCUT2D eigenvalue weighted by Gasteiger charge is 2.38. The standard InChI is InChI=1S/C10H11ClF3NO2Si/c1-18(2,3)8-7(11)5(10(12,13)14)4-6(15-8)9(16)17/h4H,1-3H3,(H,16,17). The van der Waals surface area contributed by atoms with Crippen molar-refractivity contribution in [3.05, 3.63) is 22.3 Å². The Bertz CT molecular complexity index is 462. The molecular formula is C10H11ClF3NO2Si. The lowest BCUT2D eigenvalue weighted by atomic mass is 10.2. The maximum absolute atomic E-state index is 12.8. The molecule has 1 heterocycles. The van der Waals surface area contributed by atoms with Gasteiger partial charge in [0.25, 0.3) is 0 Å². The highest BCUT2D eigenvalue weighted by Crippen LogP contribution is 2.34. The van der Waals surface area contributed by atoms with Crippen LogP contribution in [-0.4, -0.2) is 24.1 Å². The van der Waals surface area contributed by atoms with E-state index in [-0.39, 0.29) is 5.32 Å². The molecular weight excluding hydrogens is 287 g/mol. The average Bonchev–Trinajstić information content (AvgIpc) is 2.13. The fourth-order valence-electron chi connectivity index (χ4n) is 1.34. The molecule has 1 N–H and O–H groups in total. The van der Waals surface area contributed by atoms with Gasteiger partial charge in [0.1, 0.15) is 13.8 Å². The zero-order valence-corrected chi connectivity index (χ0v) is 11.6. The third kappa shape index (κ3) is 3.02. The number of carboxylic acids is 1. The lowest BCUT2D eigenvalue weighted by molar-refractivity contribution is -0.137. The van der Waals surface area contributed by atoms with Crippen molar-refractivity contribution in [1.29, 1.82) is 0 Å². The molecule has 1 aromatic rings. The lowest BCUT2D eigenvalue weighted by Gasteiger charge is -2.20. The van der Waals surface area contributed by atoms with E-state index >= 15 is 0 Å². The van der Waals surface area contributed by atoms with Crippen molar-refractivity contribution in [2.45, 2.75) is 25.8 Å². The minimum absolute atomic E-state index is 0.0522. The summed E-state index contributed by atoms with van der Waals surface area (Å²) in [5.41, 5.74) is -1.78. The predicted octanol–water partition coefficient (Wildman–Crippen LogP) is 3.00. The first-order chi connectivity index (χ1) is 7.94. The van der Waals surface area contributed by atoms with Crippen molar-refractivity contribution in [3.63, 3.8) is 0 Å². The van der Waals surface area contributed by atoms with Crippen molar-refractivity contribution in [3.8, 4) is 0 Å². The monoisotopic (exact) mass is 297 g/mol. The van der Waals surface area contributed by atoms with Crippen LogP contribution in [0.4, 0.5) is 13.2 Å². The van der Waals surface area contributed by atoms with Crippen LogP contribution in [0, 0.1) is 0 Å². The Morgan fingerprint density at radius 1 is 1.39 bits per heavy atom. The zero-order valence-electron chi connectivity index (χ0n) is 9.89. The third-order valence-corrected chi connectivity index (χ3v) is 4.52. The largest absolute Gasteiger partial charge is 0.477 e. The molecule has 0 spiro atoms. The summed E-state index contributed by atoms with van der Waals surface area (Å²) in [6.07, 6.45) is -4.70. The first-order valence-corrected chi connectivity index (χ1v) is 8.84. The Hall–Kier alpha value is -1.08. The van der Waals surface area contributed by atoms with Crippen LogP contribution in [0.3, 0.4) is 0 Å². The molecule has 0 aliphatic carbocycles. The van der Waals surface area contributed by atoms with E-state index in [9.17, 15) is 18.0 Å². The van der Waals surface area contributed by atoms with Gasteiger partial charge in [0.05, 0.1) is 10.6 Å². The van der Waals surface area contributed by atoms with Gasteiger partial charge < -0.3 is 5.11 Å². The smallest absolute Gasteiger partial charge is 0.417 e. The van der Waals surface area contributed by atoms with Crippen LogP contribution in [-0.2, 0) is 6.18 Å². The highest BCUT2D eigenvalue weighted by molar-refractivity contribution is 6.89. The van der Waals surface area contributed by atoms with E-state index in [0.717, 1.165) is 0 Å². The molecule has 100 valence electrons. The van der Waals surface area contributed by atoms with Crippen LogP contribution in [0.15, 0.2) is 6.07 Å². The maximum Gasteiger partial charge on any atom is 0.417 e. The first-order valence-electron chi connectivity index (χ1n) is 4.96. The summed E-state index contributed by atoms with van der Waals surface area (Å²) in [5.74, 6) is -1.50. The molecule has 0 aliphatic heterocycles. The van der Waals surface area contributed by atoms with Gasteiger partial charge in [-0.1, -0.05) is 31.2 Å². The van der Waals surface area contributed by atoms with Crippen molar-refractivity contribution in [2.24, 2.45) is 0 Å². The van der Waals surface area contributed by atoms with E-state index in [0.29, 0.717) is 6.07 Å². The minimum Gasteiger partial charge on any atom is -0.477 e. The molecule has 8 heteroatoms. The van der Waals surface area contributed by atoms with Gasteiger partial charge in [0, 0.05) is 5.32 Å². The average molecular weight is 298 g/mol. The number of aromatic nitrogens is 1. The van der Waals surface area contributed by atoms with E-state index in [1.165, 1.54) is 0 Å². The fourth-order valence-corrected chi connectivity index (χ4v) is 3.65. The van der Waals surface area contributed by atoms with Gasteiger partial charge in [-0.2, -0.15) is 13.2 Å². The first kappa shape index (κ1) is 15.0. The molecule has 18 heavy (non-hydrogen) atoms. The van der Waals surface area contributed by atoms with Gasteiger partial charge in [-0.05, 0) is 6.07 Å². The molecule has 0 saturated heterocycles. The molecule has 0 fully saturated rings. The van der Waals surface area contributed by atoms with E-state index in [1.807, 2.05) is 0 Å². The summed E-state index contributed by atoms with van der Waals surface area (Å²) in [6.45, 7) is 5.23. The molecule has 0 atom stereocenters. The summed E-state index contributed by atoms with van der Waals surface area (Å²) >= 11 is 5.71. The molecule has 0 saturated carbocycles. The van der Waals surface area contributed by atoms with Crippen LogP contribution in [0.1, 0.15) is 16.1 Å². The Balaban J connectivity index is 3.64. The Morgan fingerprint density at radius 2 is 1.89 bits per heavy atom. The SMILES string of the molecule is C[Si](C)(C)c1nc(C(=O)O)cc(C(F)(F)F)c1Cl. The van der Waals surface area contributed by atoms with Crippen LogP contribution in [0.5, 0.6) is 0 Å². The number of carbonyl (C=O) groups is 1. The summed E-state index contributed by atoms with van der Waals surface area (Å²) in [4.78, 5) is 14.6. The molecule has 1 aromatic heterocycles. The predicted molar refractivity (Wildman–Crippen MR) is 64.2 cm³/mol. The molecule has 3 nitrogen and oxygen atoms in total.